The van der Waals surface area contributed by atoms with E-state index in [1.54, 1.807) is 24.7 Å². The summed E-state index contributed by atoms with van der Waals surface area (Å²) in [4.78, 5) is 36.6. The molecule has 0 bridgehead atoms. The van der Waals surface area contributed by atoms with Crippen molar-refractivity contribution in [3.8, 4) is 0 Å². The van der Waals surface area contributed by atoms with Crippen LogP contribution in [0, 0.1) is 13.8 Å². The van der Waals surface area contributed by atoms with Crippen molar-refractivity contribution < 1.29 is 19.1 Å². The number of hydrogen-bond donors (Lipinski definition) is 1. The third-order valence-corrected chi connectivity index (χ3v) is 4.84. The lowest BCUT2D eigenvalue weighted by Crippen LogP contribution is -2.16. The smallest absolute Gasteiger partial charge is 0.341 e. The summed E-state index contributed by atoms with van der Waals surface area (Å²) in [5.41, 5.74) is 1.80. The molecule has 2 rings (SSSR count). The zero-order valence-electron chi connectivity index (χ0n) is 14.7. The number of ether oxygens (including phenoxy) is 1. The molecule has 25 heavy (non-hydrogen) atoms. The van der Waals surface area contributed by atoms with Crippen LogP contribution in [0.5, 0.6) is 0 Å². The van der Waals surface area contributed by atoms with Gasteiger partial charge in [-0.25, -0.2) is 4.79 Å². The van der Waals surface area contributed by atoms with Crippen LogP contribution >= 0.6 is 11.3 Å². The topological polar surface area (TPSA) is 90.3 Å². The number of thiophene rings is 1. The lowest BCUT2D eigenvalue weighted by atomic mass is 10.1. The average Bonchev–Trinajstić information content (AvgIpc) is 3.09. The van der Waals surface area contributed by atoms with Crippen molar-refractivity contribution in [3.05, 3.63) is 34.0 Å². The maximum atomic E-state index is 12.2. The van der Waals surface area contributed by atoms with E-state index in [-0.39, 0.29) is 30.3 Å². The van der Waals surface area contributed by atoms with Gasteiger partial charge < -0.3 is 10.1 Å². The molecule has 0 radical (unpaired) electrons. The Balaban J connectivity index is 2.16. The van der Waals surface area contributed by atoms with Gasteiger partial charge in [-0.3, -0.25) is 14.3 Å². The van der Waals surface area contributed by atoms with Crippen molar-refractivity contribution in [2.45, 2.75) is 40.7 Å². The molecule has 7 nitrogen and oxygen atoms in total. The molecule has 0 aliphatic heterocycles. The highest BCUT2D eigenvalue weighted by Crippen LogP contribution is 2.34. The molecule has 0 fully saturated rings. The van der Waals surface area contributed by atoms with Crippen LogP contribution in [0.25, 0.3) is 0 Å². The molecule has 0 aromatic carbocycles. The normalized spacial score (nSPS) is 10.6. The first-order valence-electron chi connectivity index (χ1n) is 7.93. The number of nitrogens with one attached hydrogen (secondary N) is 1. The largest absolute Gasteiger partial charge is 0.462 e. The number of carbonyl (C=O) groups excluding carboxylic acids is 3. The summed E-state index contributed by atoms with van der Waals surface area (Å²) in [7, 11) is 0. The van der Waals surface area contributed by atoms with E-state index in [0.29, 0.717) is 22.0 Å². The minimum atomic E-state index is -0.540. The van der Waals surface area contributed by atoms with Crippen molar-refractivity contribution in [1.82, 2.24) is 9.78 Å². The van der Waals surface area contributed by atoms with E-state index in [0.717, 1.165) is 16.9 Å². The quantitative estimate of drug-likeness (QED) is 0.603. The fraction of sp³-hybridized carbons (Fsp3) is 0.412. The van der Waals surface area contributed by atoms with E-state index in [1.807, 2.05) is 13.1 Å². The Morgan fingerprint density at radius 3 is 2.60 bits per heavy atom. The van der Waals surface area contributed by atoms with Crippen LogP contribution in [0.15, 0.2) is 12.4 Å². The van der Waals surface area contributed by atoms with Gasteiger partial charge in [0.2, 0.25) is 5.91 Å². The van der Waals surface area contributed by atoms with Crippen LogP contribution in [-0.4, -0.2) is 34.0 Å². The third-order valence-electron chi connectivity index (χ3n) is 3.53. The molecule has 0 atom stereocenters. The second-order valence-electron chi connectivity index (χ2n) is 5.62. The van der Waals surface area contributed by atoms with Gasteiger partial charge in [-0.05, 0) is 38.8 Å². The maximum Gasteiger partial charge on any atom is 0.341 e. The van der Waals surface area contributed by atoms with Gasteiger partial charge in [0.1, 0.15) is 5.00 Å². The number of Topliss-reactive ketones (excluding diaryl/α,β-unsaturated/α-hetero) is 1. The van der Waals surface area contributed by atoms with Crippen molar-refractivity contribution >= 4 is 34.0 Å². The summed E-state index contributed by atoms with van der Waals surface area (Å²) in [5.74, 6) is -0.947. The van der Waals surface area contributed by atoms with E-state index in [4.69, 9.17) is 4.74 Å². The summed E-state index contributed by atoms with van der Waals surface area (Å²) in [6.45, 7) is 7.39. The molecular formula is C17H21N3O4S. The summed E-state index contributed by atoms with van der Waals surface area (Å²) in [5, 5.41) is 7.21. The van der Waals surface area contributed by atoms with Crippen molar-refractivity contribution in [1.29, 1.82) is 0 Å². The van der Waals surface area contributed by atoms with Crippen LogP contribution < -0.4 is 5.32 Å². The van der Waals surface area contributed by atoms with Crippen LogP contribution in [0.4, 0.5) is 5.00 Å². The first-order valence-corrected chi connectivity index (χ1v) is 8.75. The number of esters is 1. The molecule has 0 aliphatic carbocycles. The highest BCUT2D eigenvalue weighted by molar-refractivity contribution is 7.18. The van der Waals surface area contributed by atoms with Gasteiger partial charge in [0.05, 0.1) is 23.2 Å². The molecule has 0 saturated carbocycles. The molecular weight excluding hydrogens is 342 g/mol. The van der Waals surface area contributed by atoms with Gasteiger partial charge >= 0.3 is 5.97 Å². The third kappa shape index (κ3) is 4.54. The predicted octanol–water partition coefficient (Wildman–Crippen LogP) is 2.97. The second-order valence-corrected chi connectivity index (χ2v) is 6.64. The van der Waals surface area contributed by atoms with Crippen molar-refractivity contribution in [2.24, 2.45) is 0 Å². The standard InChI is InChI=1S/C17H21N3O4S/c1-5-24-17(23)14-11(3)15(12(4)21)25-16(14)19-13(22)6-7-20-9-10(2)8-18-20/h8-9H,5-7H2,1-4H3,(H,19,22). The molecule has 0 unspecified atom stereocenters. The maximum absolute atomic E-state index is 12.2. The van der Waals surface area contributed by atoms with Gasteiger partial charge in [-0.15, -0.1) is 11.3 Å². The summed E-state index contributed by atoms with van der Waals surface area (Å²) >= 11 is 1.10. The van der Waals surface area contributed by atoms with Gasteiger partial charge in [-0.2, -0.15) is 5.10 Å². The first-order chi connectivity index (χ1) is 11.8. The Hall–Kier alpha value is -2.48. The number of nitrogens with zero attached hydrogens (tertiary/aromatic N) is 2. The monoisotopic (exact) mass is 363 g/mol. The van der Waals surface area contributed by atoms with Gasteiger partial charge in [0, 0.05) is 19.2 Å². The number of amides is 1. The molecule has 8 heteroatoms. The highest BCUT2D eigenvalue weighted by atomic mass is 32.1. The van der Waals surface area contributed by atoms with E-state index >= 15 is 0 Å². The zero-order valence-corrected chi connectivity index (χ0v) is 15.5. The predicted molar refractivity (Wildman–Crippen MR) is 95.2 cm³/mol. The van der Waals surface area contributed by atoms with Gasteiger partial charge in [-0.1, -0.05) is 0 Å². The number of hydrogen-bond acceptors (Lipinski definition) is 6. The molecule has 0 aliphatic rings. The average molecular weight is 363 g/mol. The van der Waals surface area contributed by atoms with E-state index in [2.05, 4.69) is 10.4 Å². The first kappa shape index (κ1) is 18.9. The highest BCUT2D eigenvalue weighted by Gasteiger charge is 2.25. The number of rotatable bonds is 7. The van der Waals surface area contributed by atoms with Gasteiger partial charge in [0.15, 0.2) is 5.78 Å². The van der Waals surface area contributed by atoms with Crippen LogP contribution in [0.2, 0.25) is 0 Å². The fourth-order valence-electron chi connectivity index (χ4n) is 2.38. The molecule has 0 saturated heterocycles. The Morgan fingerprint density at radius 1 is 1.32 bits per heavy atom. The summed E-state index contributed by atoms with van der Waals surface area (Å²) in [6.07, 6.45) is 3.77. The number of aromatic nitrogens is 2. The van der Waals surface area contributed by atoms with Crippen LogP contribution in [-0.2, 0) is 16.1 Å². The Labute approximate surface area is 150 Å². The van der Waals surface area contributed by atoms with Crippen LogP contribution in [0.1, 0.15) is 51.4 Å². The summed E-state index contributed by atoms with van der Waals surface area (Å²) in [6, 6.07) is 0. The number of carbonyl (C=O) groups is 3. The lowest BCUT2D eigenvalue weighted by molar-refractivity contribution is -0.116. The van der Waals surface area contributed by atoms with Gasteiger partial charge in [0.25, 0.3) is 0 Å². The Morgan fingerprint density at radius 2 is 2.04 bits per heavy atom. The molecule has 134 valence electrons. The molecule has 2 aromatic rings. The second kappa shape index (κ2) is 8.06. The Kier molecular flexibility index (Phi) is 6.08. The molecule has 1 N–H and O–H groups in total. The van der Waals surface area contributed by atoms with Crippen LogP contribution in [0.3, 0.4) is 0 Å². The van der Waals surface area contributed by atoms with E-state index < -0.39 is 5.97 Å². The van der Waals surface area contributed by atoms with Crippen molar-refractivity contribution in [2.75, 3.05) is 11.9 Å². The molecule has 1 amide bonds. The fourth-order valence-corrected chi connectivity index (χ4v) is 3.49. The number of anilines is 1. The Bertz CT molecular complexity index is 807. The van der Waals surface area contributed by atoms with Crippen molar-refractivity contribution in [3.63, 3.8) is 0 Å². The molecule has 2 heterocycles. The summed E-state index contributed by atoms with van der Waals surface area (Å²) < 4.78 is 6.73. The molecule has 0 spiro atoms. The number of ketones is 1. The zero-order chi connectivity index (χ0) is 18.6. The SMILES string of the molecule is CCOC(=O)c1c(NC(=O)CCn2cc(C)cn2)sc(C(C)=O)c1C. The minimum Gasteiger partial charge on any atom is -0.462 e. The van der Waals surface area contributed by atoms with E-state index in [1.165, 1.54) is 6.92 Å². The molecule has 2 aromatic heterocycles. The lowest BCUT2D eigenvalue weighted by Gasteiger charge is -2.07. The number of aryl methyl sites for hydroxylation is 2. The van der Waals surface area contributed by atoms with E-state index in [9.17, 15) is 14.4 Å². The minimum absolute atomic E-state index is 0.152.